The SMILES string of the molecule is CCNC(=NCC(C)CN(C)C(=O)OC(C)(C)C)N(C)Cc1ncnn1C. The van der Waals surface area contributed by atoms with Crippen LogP contribution in [-0.4, -0.2) is 75.9 Å². The summed E-state index contributed by atoms with van der Waals surface area (Å²) in [6.45, 7) is 12.2. The van der Waals surface area contributed by atoms with Gasteiger partial charge < -0.3 is 19.9 Å². The molecule has 0 saturated heterocycles. The summed E-state index contributed by atoms with van der Waals surface area (Å²) in [4.78, 5) is 24.7. The van der Waals surface area contributed by atoms with Crippen LogP contribution >= 0.6 is 0 Å². The highest BCUT2D eigenvalue weighted by Crippen LogP contribution is 2.10. The van der Waals surface area contributed by atoms with Crippen LogP contribution in [0, 0.1) is 5.92 Å². The number of nitrogens with zero attached hydrogens (tertiary/aromatic N) is 6. The highest BCUT2D eigenvalue weighted by Gasteiger charge is 2.21. The first-order chi connectivity index (χ1) is 12.5. The van der Waals surface area contributed by atoms with Crippen LogP contribution in [0.3, 0.4) is 0 Å². The second-order valence-corrected chi connectivity index (χ2v) is 7.82. The zero-order chi connectivity index (χ0) is 20.6. The first-order valence-corrected chi connectivity index (χ1v) is 9.30. The molecule has 0 fully saturated rings. The molecular weight excluding hydrogens is 346 g/mol. The molecule has 9 heteroatoms. The van der Waals surface area contributed by atoms with E-state index in [1.807, 2.05) is 46.7 Å². The maximum atomic E-state index is 12.1. The van der Waals surface area contributed by atoms with E-state index in [2.05, 4.69) is 22.3 Å². The van der Waals surface area contributed by atoms with Crippen molar-refractivity contribution in [2.75, 3.05) is 33.7 Å². The van der Waals surface area contributed by atoms with Crippen LogP contribution in [-0.2, 0) is 18.3 Å². The summed E-state index contributed by atoms with van der Waals surface area (Å²) in [6, 6.07) is 0. The summed E-state index contributed by atoms with van der Waals surface area (Å²) in [6.07, 6.45) is 1.23. The standard InChI is InChI=1S/C18H35N7O2/c1-9-19-16(23(6)12-15-21-13-22-25(15)8)20-10-14(2)11-24(7)17(26)27-18(3,4)5/h13-14H,9-12H2,1-8H3,(H,19,20). The first kappa shape index (κ1) is 22.7. The quantitative estimate of drug-likeness (QED) is 0.571. The molecule has 0 aliphatic heterocycles. The first-order valence-electron chi connectivity index (χ1n) is 9.30. The lowest BCUT2D eigenvalue weighted by atomic mass is 10.2. The summed E-state index contributed by atoms with van der Waals surface area (Å²) < 4.78 is 7.14. The lowest BCUT2D eigenvalue weighted by Crippen LogP contribution is -2.40. The number of carbonyl (C=O) groups is 1. The Hall–Kier alpha value is -2.32. The van der Waals surface area contributed by atoms with Crippen molar-refractivity contribution in [1.82, 2.24) is 29.9 Å². The third-order valence-electron chi connectivity index (χ3n) is 3.72. The lowest BCUT2D eigenvalue weighted by molar-refractivity contribution is 0.0279. The number of aryl methyl sites for hydroxylation is 1. The fraction of sp³-hybridized carbons (Fsp3) is 0.778. The van der Waals surface area contributed by atoms with Gasteiger partial charge in [0.05, 0.1) is 6.54 Å². The van der Waals surface area contributed by atoms with Crippen molar-refractivity contribution in [3.63, 3.8) is 0 Å². The Bertz CT molecular complexity index is 621. The van der Waals surface area contributed by atoms with E-state index in [9.17, 15) is 4.79 Å². The monoisotopic (exact) mass is 381 g/mol. The van der Waals surface area contributed by atoms with E-state index >= 15 is 0 Å². The van der Waals surface area contributed by atoms with Gasteiger partial charge >= 0.3 is 6.09 Å². The van der Waals surface area contributed by atoms with Crippen molar-refractivity contribution in [3.8, 4) is 0 Å². The minimum atomic E-state index is -0.493. The van der Waals surface area contributed by atoms with Gasteiger partial charge in [0.15, 0.2) is 5.96 Å². The highest BCUT2D eigenvalue weighted by atomic mass is 16.6. The second kappa shape index (κ2) is 10.1. The number of hydrogen-bond donors (Lipinski definition) is 1. The van der Waals surface area contributed by atoms with E-state index < -0.39 is 5.60 Å². The molecule has 27 heavy (non-hydrogen) atoms. The molecule has 1 amide bonds. The lowest BCUT2D eigenvalue weighted by Gasteiger charge is -2.26. The second-order valence-electron chi connectivity index (χ2n) is 7.82. The predicted octanol–water partition coefficient (Wildman–Crippen LogP) is 1.72. The van der Waals surface area contributed by atoms with E-state index in [0.717, 1.165) is 18.3 Å². The minimum Gasteiger partial charge on any atom is -0.444 e. The molecule has 1 aromatic heterocycles. The molecule has 1 aromatic rings. The van der Waals surface area contributed by atoms with Crippen LogP contribution in [0.1, 0.15) is 40.4 Å². The van der Waals surface area contributed by atoms with Crippen LogP contribution in [0.5, 0.6) is 0 Å². The van der Waals surface area contributed by atoms with Crippen LogP contribution in [0.4, 0.5) is 4.79 Å². The maximum absolute atomic E-state index is 12.1. The van der Waals surface area contributed by atoms with Crippen molar-refractivity contribution in [2.24, 2.45) is 18.0 Å². The molecule has 9 nitrogen and oxygen atoms in total. The van der Waals surface area contributed by atoms with E-state index in [1.54, 1.807) is 23.0 Å². The van der Waals surface area contributed by atoms with Crippen LogP contribution in [0.25, 0.3) is 0 Å². The molecule has 0 spiro atoms. The Morgan fingerprint density at radius 3 is 2.56 bits per heavy atom. The number of aliphatic imine (C=N–C) groups is 1. The van der Waals surface area contributed by atoms with Gasteiger partial charge in [0.2, 0.25) is 0 Å². The summed E-state index contributed by atoms with van der Waals surface area (Å²) in [7, 11) is 5.59. The van der Waals surface area contributed by atoms with Gasteiger partial charge in [-0.1, -0.05) is 6.92 Å². The summed E-state index contributed by atoms with van der Waals surface area (Å²) in [5.41, 5.74) is -0.493. The largest absolute Gasteiger partial charge is 0.444 e. The summed E-state index contributed by atoms with van der Waals surface area (Å²) >= 11 is 0. The fourth-order valence-corrected chi connectivity index (χ4v) is 2.40. The topological polar surface area (TPSA) is 87.9 Å². The molecule has 0 bridgehead atoms. The molecule has 0 saturated carbocycles. The van der Waals surface area contributed by atoms with Crippen molar-refractivity contribution in [1.29, 1.82) is 0 Å². The molecule has 154 valence electrons. The molecule has 1 N–H and O–H groups in total. The van der Waals surface area contributed by atoms with Crippen molar-refractivity contribution < 1.29 is 9.53 Å². The van der Waals surface area contributed by atoms with E-state index in [0.29, 0.717) is 19.6 Å². The zero-order valence-electron chi connectivity index (χ0n) is 18.0. The van der Waals surface area contributed by atoms with E-state index in [4.69, 9.17) is 9.73 Å². The Morgan fingerprint density at radius 1 is 1.37 bits per heavy atom. The number of hydrogen-bond acceptors (Lipinski definition) is 5. The Labute approximate surface area is 162 Å². The van der Waals surface area contributed by atoms with Crippen LogP contribution in [0.15, 0.2) is 11.3 Å². The fourth-order valence-electron chi connectivity index (χ4n) is 2.40. The van der Waals surface area contributed by atoms with Gasteiger partial charge in [-0.25, -0.2) is 9.78 Å². The highest BCUT2D eigenvalue weighted by molar-refractivity contribution is 5.79. The smallest absolute Gasteiger partial charge is 0.410 e. The zero-order valence-corrected chi connectivity index (χ0v) is 18.0. The number of amides is 1. The third kappa shape index (κ3) is 8.27. The number of rotatable bonds is 7. The van der Waals surface area contributed by atoms with E-state index in [-0.39, 0.29) is 12.0 Å². The van der Waals surface area contributed by atoms with Crippen LogP contribution in [0.2, 0.25) is 0 Å². The Balaban J connectivity index is 2.63. The van der Waals surface area contributed by atoms with Gasteiger partial charge in [-0.3, -0.25) is 9.67 Å². The van der Waals surface area contributed by atoms with Gasteiger partial charge in [-0.15, -0.1) is 0 Å². The van der Waals surface area contributed by atoms with Crippen molar-refractivity contribution in [3.05, 3.63) is 12.2 Å². The molecule has 1 heterocycles. The number of nitrogens with one attached hydrogen (secondary N) is 1. The van der Waals surface area contributed by atoms with Gasteiger partial charge in [0.25, 0.3) is 0 Å². The van der Waals surface area contributed by atoms with E-state index in [1.165, 1.54) is 0 Å². The average Bonchev–Trinajstić information content (AvgIpc) is 2.94. The normalized spacial score (nSPS) is 13.3. The Morgan fingerprint density at radius 2 is 2.04 bits per heavy atom. The molecule has 0 aliphatic rings. The van der Waals surface area contributed by atoms with Gasteiger partial charge in [-0.05, 0) is 33.6 Å². The Kier molecular flexibility index (Phi) is 8.52. The summed E-state index contributed by atoms with van der Waals surface area (Å²) in [5.74, 6) is 1.85. The average molecular weight is 382 g/mol. The maximum Gasteiger partial charge on any atom is 0.410 e. The predicted molar refractivity (Wildman–Crippen MR) is 106 cm³/mol. The minimum absolute atomic E-state index is 0.194. The number of aromatic nitrogens is 3. The molecule has 0 radical (unpaired) electrons. The van der Waals surface area contributed by atoms with Gasteiger partial charge in [0, 0.05) is 40.8 Å². The number of ether oxygens (including phenoxy) is 1. The molecule has 0 aliphatic carbocycles. The molecular formula is C18H35N7O2. The van der Waals surface area contributed by atoms with Crippen LogP contribution < -0.4 is 5.32 Å². The molecule has 0 aromatic carbocycles. The third-order valence-corrected chi connectivity index (χ3v) is 3.72. The van der Waals surface area contributed by atoms with Gasteiger partial charge in [0.1, 0.15) is 17.8 Å². The van der Waals surface area contributed by atoms with Crippen molar-refractivity contribution >= 4 is 12.1 Å². The van der Waals surface area contributed by atoms with Crippen molar-refractivity contribution in [2.45, 2.75) is 46.8 Å². The summed E-state index contributed by atoms with van der Waals surface area (Å²) in [5, 5.41) is 7.38. The number of carbonyl (C=O) groups excluding carboxylic acids is 1. The van der Waals surface area contributed by atoms with Gasteiger partial charge in [-0.2, -0.15) is 5.10 Å². The number of guanidine groups is 1. The molecule has 1 atom stereocenters. The molecule has 1 unspecified atom stereocenters. The molecule has 1 rings (SSSR count).